The lowest BCUT2D eigenvalue weighted by Crippen LogP contribution is -2.13. The first-order valence-electron chi connectivity index (χ1n) is 5.97. The Morgan fingerprint density at radius 3 is 2.06 bits per heavy atom. The van der Waals surface area contributed by atoms with E-state index in [1.807, 2.05) is 6.92 Å². The van der Waals surface area contributed by atoms with Gasteiger partial charge in [0.25, 0.3) is 0 Å². The van der Waals surface area contributed by atoms with Gasteiger partial charge in [0.2, 0.25) is 0 Å². The van der Waals surface area contributed by atoms with Gasteiger partial charge >= 0.3 is 5.97 Å². The molecule has 0 rings (SSSR count). The van der Waals surface area contributed by atoms with Crippen molar-refractivity contribution in [1.29, 1.82) is 0 Å². The van der Waals surface area contributed by atoms with E-state index >= 15 is 0 Å². The number of ether oxygens (including phenoxy) is 3. The highest BCUT2D eigenvalue weighted by Gasteiger charge is 2.04. The average Bonchev–Trinajstić information content (AvgIpc) is 2.30. The van der Waals surface area contributed by atoms with E-state index in [-0.39, 0.29) is 31.2 Å². The second kappa shape index (κ2) is 11.5. The summed E-state index contributed by atoms with van der Waals surface area (Å²) in [5.41, 5.74) is 0. The summed E-state index contributed by atoms with van der Waals surface area (Å²) in [4.78, 5) is 21.7. The van der Waals surface area contributed by atoms with Crippen LogP contribution < -0.4 is 0 Å². The van der Waals surface area contributed by atoms with Crippen LogP contribution in [0, 0.1) is 0 Å². The quantitative estimate of drug-likeness (QED) is 0.406. The molecule has 0 unspecified atom stereocenters. The smallest absolute Gasteiger partial charge is 0.306 e. The Morgan fingerprint density at radius 2 is 1.47 bits per heavy atom. The van der Waals surface area contributed by atoms with Crippen molar-refractivity contribution in [2.45, 2.75) is 33.1 Å². The molecule has 0 aliphatic rings. The molecule has 0 atom stereocenters. The molecule has 0 N–H and O–H groups in total. The Morgan fingerprint density at radius 1 is 0.882 bits per heavy atom. The van der Waals surface area contributed by atoms with Gasteiger partial charge in [-0.3, -0.25) is 4.79 Å². The van der Waals surface area contributed by atoms with Crippen LogP contribution in [0.5, 0.6) is 0 Å². The number of esters is 1. The van der Waals surface area contributed by atoms with Crippen molar-refractivity contribution in [3.8, 4) is 0 Å². The van der Waals surface area contributed by atoms with Crippen LogP contribution in [0.25, 0.3) is 0 Å². The molecule has 0 radical (unpaired) electrons. The Labute approximate surface area is 102 Å². The van der Waals surface area contributed by atoms with Gasteiger partial charge in [-0.1, -0.05) is 6.92 Å². The standard InChI is InChI=1S/C12H22O5/c1-3-6-15-7-8-16-9-10-17-12(14)5-4-11(2)13/h3-10H2,1-2H3. The fourth-order valence-electron chi connectivity index (χ4n) is 1.03. The average molecular weight is 246 g/mol. The third-order valence-electron chi connectivity index (χ3n) is 1.89. The van der Waals surface area contributed by atoms with E-state index in [9.17, 15) is 9.59 Å². The highest BCUT2D eigenvalue weighted by atomic mass is 16.6. The van der Waals surface area contributed by atoms with E-state index in [4.69, 9.17) is 14.2 Å². The molecule has 0 aromatic heterocycles. The highest BCUT2D eigenvalue weighted by Crippen LogP contribution is 1.93. The zero-order chi connectivity index (χ0) is 12.9. The predicted octanol–water partition coefficient (Wildman–Crippen LogP) is 1.34. The van der Waals surface area contributed by atoms with Gasteiger partial charge < -0.3 is 19.0 Å². The van der Waals surface area contributed by atoms with E-state index in [1.165, 1.54) is 6.92 Å². The van der Waals surface area contributed by atoms with Crippen LogP contribution in [0.1, 0.15) is 33.1 Å². The first kappa shape index (κ1) is 16.1. The number of Topliss-reactive ketones (excluding diaryl/α,β-unsaturated/α-hetero) is 1. The summed E-state index contributed by atoms with van der Waals surface area (Å²) in [6, 6.07) is 0. The molecule has 0 aromatic carbocycles. The SMILES string of the molecule is CCCOCCOCCOC(=O)CCC(C)=O. The van der Waals surface area contributed by atoms with Crippen molar-refractivity contribution in [1.82, 2.24) is 0 Å². The minimum absolute atomic E-state index is 0.00808. The van der Waals surface area contributed by atoms with Crippen molar-refractivity contribution in [3.63, 3.8) is 0 Å². The molecule has 17 heavy (non-hydrogen) atoms. The van der Waals surface area contributed by atoms with E-state index in [2.05, 4.69) is 0 Å². The second-order valence-electron chi connectivity index (χ2n) is 3.65. The summed E-state index contributed by atoms with van der Waals surface area (Å²) in [5.74, 6) is -0.364. The number of carbonyl (C=O) groups excluding carboxylic acids is 2. The van der Waals surface area contributed by atoms with E-state index < -0.39 is 0 Å². The molecule has 0 aliphatic carbocycles. The molecule has 0 fully saturated rings. The number of hydrogen-bond acceptors (Lipinski definition) is 5. The third-order valence-corrected chi connectivity index (χ3v) is 1.89. The summed E-state index contributed by atoms with van der Waals surface area (Å²) in [6.07, 6.45) is 1.38. The summed E-state index contributed by atoms with van der Waals surface area (Å²) in [5, 5.41) is 0. The molecule has 5 nitrogen and oxygen atoms in total. The largest absolute Gasteiger partial charge is 0.463 e. The molecular formula is C12H22O5. The maximum absolute atomic E-state index is 11.1. The van der Waals surface area contributed by atoms with Crippen LogP contribution >= 0.6 is 0 Å². The fourth-order valence-corrected chi connectivity index (χ4v) is 1.03. The molecule has 5 heteroatoms. The van der Waals surface area contributed by atoms with Gasteiger partial charge in [0, 0.05) is 13.0 Å². The normalized spacial score (nSPS) is 10.2. The summed E-state index contributed by atoms with van der Waals surface area (Å²) in [7, 11) is 0. The molecular weight excluding hydrogens is 224 g/mol. The molecule has 0 saturated heterocycles. The van der Waals surface area contributed by atoms with Crippen LogP contribution in [0.15, 0.2) is 0 Å². The number of rotatable bonds is 11. The van der Waals surface area contributed by atoms with Gasteiger partial charge in [0.1, 0.15) is 12.4 Å². The van der Waals surface area contributed by atoms with E-state index in [0.717, 1.165) is 13.0 Å². The van der Waals surface area contributed by atoms with Gasteiger partial charge in [0.15, 0.2) is 0 Å². The topological polar surface area (TPSA) is 61.8 Å². The first-order valence-corrected chi connectivity index (χ1v) is 5.97. The van der Waals surface area contributed by atoms with Crippen LogP contribution in [-0.2, 0) is 23.8 Å². The summed E-state index contributed by atoms with van der Waals surface area (Å²) in [6.45, 7) is 5.89. The van der Waals surface area contributed by atoms with E-state index in [0.29, 0.717) is 19.8 Å². The molecule has 0 bridgehead atoms. The molecule has 0 amide bonds. The summed E-state index contributed by atoms with van der Waals surface area (Å²) < 4.78 is 15.3. The maximum atomic E-state index is 11.1. The Bertz CT molecular complexity index is 215. The minimum Gasteiger partial charge on any atom is -0.463 e. The lowest BCUT2D eigenvalue weighted by Gasteiger charge is -2.06. The van der Waals surface area contributed by atoms with Gasteiger partial charge in [0.05, 0.1) is 26.2 Å². The minimum atomic E-state index is -0.356. The molecule has 0 heterocycles. The van der Waals surface area contributed by atoms with Crippen LogP contribution in [0.4, 0.5) is 0 Å². The zero-order valence-electron chi connectivity index (χ0n) is 10.7. The monoisotopic (exact) mass is 246 g/mol. The van der Waals surface area contributed by atoms with Crippen LogP contribution in [0.2, 0.25) is 0 Å². The Hall–Kier alpha value is -0.940. The van der Waals surface area contributed by atoms with Gasteiger partial charge in [-0.25, -0.2) is 0 Å². The van der Waals surface area contributed by atoms with Crippen molar-refractivity contribution in [2.24, 2.45) is 0 Å². The van der Waals surface area contributed by atoms with Crippen LogP contribution in [-0.4, -0.2) is 44.8 Å². The van der Waals surface area contributed by atoms with Crippen LogP contribution in [0.3, 0.4) is 0 Å². The lowest BCUT2D eigenvalue weighted by molar-refractivity contribution is -0.146. The number of hydrogen-bond donors (Lipinski definition) is 0. The first-order chi connectivity index (χ1) is 8.16. The highest BCUT2D eigenvalue weighted by molar-refractivity contribution is 5.80. The lowest BCUT2D eigenvalue weighted by atomic mass is 10.2. The summed E-state index contributed by atoms with van der Waals surface area (Å²) >= 11 is 0. The molecule has 0 aromatic rings. The second-order valence-corrected chi connectivity index (χ2v) is 3.65. The molecule has 0 aliphatic heterocycles. The van der Waals surface area contributed by atoms with Crippen molar-refractivity contribution in [2.75, 3.05) is 33.0 Å². The maximum Gasteiger partial charge on any atom is 0.306 e. The van der Waals surface area contributed by atoms with Gasteiger partial charge in [-0.05, 0) is 13.3 Å². The van der Waals surface area contributed by atoms with Gasteiger partial charge in [-0.15, -0.1) is 0 Å². The molecule has 0 saturated carbocycles. The Balaban J connectivity index is 3.16. The van der Waals surface area contributed by atoms with Crippen molar-refractivity contribution >= 4 is 11.8 Å². The fraction of sp³-hybridized carbons (Fsp3) is 0.833. The molecule has 100 valence electrons. The van der Waals surface area contributed by atoms with Gasteiger partial charge in [-0.2, -0.15) is 0 Å². The number of ketones is 1. The number of carbonyl (C=O) groups is 2. The molecule has 0 spiro atoms. The van der Waals surface area contributed by atoms with E-state index in [1.54, 1.807) is 0 Å². The van der Waals surface area contributed by atoms with Crippen molar-refractivity contribution < 1.29 is 23.8 Å². The zero-order valence-corrected chi connectivity index (χ0v) is 10.7. The Kier molecular flexibility index (Phi) is 10.9. The third kappa shape index (κ3) is 13.0. The predicted molar refractivity (Wildman–Crippen MR) is 62.8 cm³/mol. The van der Waals surface area contributed by atoms with Crippen molar-refractivity contribution in [3.05, 3.63) is 0 Å².